The summed E-state index contributed by atoms with van der Waals surface area (Å²) in [5, 5.41) is 6.85. The van der Waals surface area contributed by atoms with E-state index < -0.39 is 0 Å². The van der Waals surface area contributed by atoms with Crippen LogP contribution in [0.2, 0.25) is 10.0 Å². The molecule has 0 bridgehead atoms. The third-order valence-corrected chi connectivity index (χ3v) is 6.10. The van der Waals surface area contributed by atoms with Crippen molar-refractivity contribution in [2.45, 2.75) is 26.2 Å². The SMILES string of the molecule is CNC(=O)c1c(NC(=O)c2cc(Cl)ccc2Cl)sc2c1CC[C@H](C)C2. The summed E-state index contributed by atoms with van der Waals surface area (Å²) in [6.45, 7) is 2.20. The quantitative estimate of drug-likeness (QED) is 0.782. The number of anilines is 1. The van der Waals surface area contributed by atoms with Gasteiger partial charge < -0.3 is 10.6 Å². The number of fused-ring (bicyclic) bond motifs is 1. The number of amides is 2. The Morgan fingerprint density at radius 3 is 2.72 bits per heavy atom. The summed E-state index contributed by atoms with van der Waals surface area (Å²) >= 11 is 13.6. The number of carbonyl (C=O) groups is 2. The molecular formula is C18H18Cl2N2O2S. The van der Waals surface area contributed by atoms with E-state index >= 15 is 0 Å². The van der Waals surface area contributed by atoms with Crippen molar-refractivity contribution in [3.05, 3.63) is 49.8 Å². The van der Waals surface area contributed by atoms with E-state index in [0.29, 0.717) is 26.5 Å². The van der Waals surface area contributed by atoms with Crippen LogP contribution in [0.1, 0.15) is 44.5 Å². The lowest BCUT2D eigenvalue weighted by Gasteiger charge is -2.18. The Morgan fingerprint density at radius 1 is 1.24 bits per heavy atom. The molecule has 2 N–H and O–H groups in total. The predicted octanol–water partition coefficient (Wildman–Crippen LogP) is 4.79. The molecular weight excluding hydrogens is 379 g/mol. The standard InChI is InChI=1S/C18H18Cl2N2O2S/c1-9-3-5-11-14(7-9)25-18(15(11)17(24)21-2)22-16(23)12-8-10(19)4-6-13(12)20/h4,6,8-9H,3,5,7H2,1-2H3,(H,21,24)(H,22,23)/t9-/m0/s1. The highest BCUT2D eigenvalue weighted by atomic mass is 35.5. The topological polar surface area (TPSA) is 58.2 Å². The van der Waals surface area contributed by atoms with Crippen molar-refractivity contribution in [3.8, 4) is 0 Å². The van der Waals surface area contributed by atoms with Gasteiger partial charge in [0.15, 0.2) is 0 Å². The molecule has 1 aromatic heterocycles. The molecule has 0 radical (unpaired) electrons. The van der Waals surface area contributed by atoms with E-state index in [2.05, 4.69) is 17.6 Å². The zero-order valence-electron chi connectivity index (χ0n) is 13.9. The average molecular weight is 397 g/mol. The fourth-order valence-corrected chi connectivity index (χ4v) is 4.82. The molecule has 0 fully saturated rings. The van der Waals surface area contributed by atoms with Gasteiger partial charge in [-0.3, -0.25) is 9.59 Å². The molecule has 1 aliphatic carbocycles. The van der Waals surface area contributed by atoms with Gasteiger partial charge in [-0.2, -0.15) is 0 Å². The summed E-state index contributed by atoms with van der Waals surface area (Å²) in [6, 6.07) is 4.73. The molecule has 1 heterocycles. The largest absolute Gasteiger partial charge is 0.355 e. The van der Waals surface area contributed by atoms with Crippen LogP contribution < -0.4 is 10.6 Å². The van der Waals surface area contributed by atoms with Gasteiger partial charge in [0.1, 0.15) is 5.00 Å². The van der Waals surface area contributed by atoms with E-state index in [1.807, 2.05) is 0 Å². The third-order valence-electron chi connectivity index (χ3n) is 4.37. The summed E-state index contributed by atoms with van der Waals surface area (Å²) in [5.74, 6) is 0.0263. The van der Waals surface area contributed by atoms with Gasteiger partial charge in [0.25, 0.3) is 11.8 Å². The van der Waals surface area contributed by atoms with Crippen molar-refractivity contribution in [3.63, 3.8) is 0 Å². The second-order valence-corrected chi connectivity index (χ2v) is 8.16. The molecule has 2 aromatic rings. The number of thiophene rings is 1. The number of nitrogens with one attached hydrogen (secondary N) is 2. The highest BCUT2D eigenvalue weighted by Crippen LogP contribution is 2.40. The first-order valence-electron chi connectivity index (χ1n) is 8.03. The molecule has 3 rings (SSSR count). The van der Waals surface area contributed by atoms with Gasteiger partial charge in [0.05, 0.1) is 16.1 Å². The van der Waals surface area contributed by atoms with Gasteiger partial charge in [0, 0.05) is 16.9 Å². The van der Waals surface area contributed by atoms with E-state index in [1.165, 1.54) is 22.3 Å². The van der Waals surface area contributed by atoms with Crippen molar-refractivity contribution in [1.82, 2.24) is 5.32 Å². The minimum Gasteiger partial charge on any atom is -0.355 e. The van der Waals surface area contributed by atoms with Gasteiger partial charge in [0.2, 0.25) is 0 Å². The average Bonchev–Trinajstić information content (AvgIpc) is 2.93. The van der Waals surface area contributed by atoms with Crippen LogP contribution in [0.5, 0.6) is 0 Å². The number of benzene rings is 1. The van der Waals surface area contributed by atoms with E-state index in [-0.39, 0.29) is 17.4 Å². The van der Waals surface area contributed by atoms with E-state index in [1.54, 1.807) is 19.2 Å². The highest BCUT2D eigenvalue weighted by Gasteiger charge is 2.28. The number of hydrogen-bond donors (Lipinski definition) is 2. The molecule has 4 nitrogen and oxygen atoms in total. The minimum atomic E-state index is -0.371. The second-order valence-electron chi connectivity index (χ2n) is 6.21. The van der Waals surface area contributed by atoms with E-state index in [0.717, 1.165) is 24.8 Å². The van der Waals surface area contributed by atoms with Crippen molar-refractivity contribution < 1.29 is 9.59 Å². The van der Waals surface area contributed by atoms with E-state index in [4.69, 9.17) is 23.2 Å². The smallest absolute Gasteiger partial charge is 0.257 e. The highest BCUT2D eigenvalue weighted by molar-refractivity contribution is 7.17. The molecule has 1 aromatic carbocycles. The van der Waals surface area contributed by atoms with Gasteiger partial charge >= 0.3 is 0 Å². The molecule has 132 valence electrons. The maximum Gasteiger partial charge on any atom is 0.257 e. The fourth-order valence-electron chi connectivity index (χ4n) is 3.05. The molecule has 1 aliphatic rings. The molecule has 1 atom stereocenters. The summed E-state index contributed by atoms with van der Waals surface area (Å²) in [4.78, 5) is 26.2. The van der Waals surface area contributed by atoms with Gasteiger partial charge in [-0.05, 0) is 48.9 Å². The number of halogens is 2. The number of hydrogen-bond acceptors (Lipinski definition) is 3. The summed E-state index contributed by atoms with van der Waals surface area (Å²) in [5.41, 5.74) is 1.91. The Bertz CT molecular complexity index is 848. The predicted molar refractivity (Wildman–Crippen MR) is 103 cm³/mol. The zero-order chi connectivity index (χ0) is 18.1. The summed E-state index contributed by atoms with van der Waals surface area (Å²) in [6.07, 6.45) is 2.82. The molecule has 0 saturated carbocycles. The third kappa shape index (κ3) is 3.68. The van der Waals surface area contributed by atoms with Gasteiger partial charge in [-0.25, -0.2) is 0 Å². The van der Waals surface area contributed by atoms with Crippen LogP contribution >= 0.6 is 34.5 Å². The normalized spacial score (nSPS) is 16.2. The van der Waals surface area contributed by atoms with Crippen molar-refractivity contribution in [2.75, 3.05) is 12.4 Å². The molecule has 0 unspecified atom stereocenters. The van der Waals surface area contributed by atoms with Crippen LogP contribution in [0.15, 0.2) is 18.2 Å². The molecule has 7 heteroatoms. The summed E-state index contributed by atoms with van der Waals surface area (Å²) in [7, 11) is 1.59. The van der Waals surface area contributed by atoms with Crippen LogP contribution in [0, 0.1) is 5.92 Å². The van der Waals surface area contributed by atoms with Crippen molar-refractivity contribution in [2.24, 2.45) is 5.92 Å². The second kappa shape index (κ2) is 7.36. The van der Waals surface area contributed by atoms with Crippen LogP contribution in [0.4, 0.5) is 5.00 Å². The number of rotatable bonds is 3. The lowest BCUT2D eigenvalue weighted by Crippen LogP contribution is -2.22. The summed E-state index contributed by atoms with van der Waals surface area (Å²) < 4.78 is 0. The van der Waals surface area contributed by atoms with Crippen LogP contribution in [-0.4, -0.2) is 18.9 Å². The van der Waals surface area contributed by atoms with Crippen LogP contribution in [-0.2, 0) is 12.8 Å². The lowest BCUT2D eigenvalue weighted by molar-refractivity contribution is 0.0963. The molecule has 0 saturated heterocycles. The minimum absolute atomic E-state index is 0.181. The molecule has 0 aliphatic heterocycles. The Morgan fingerprint density at radius 2 is 2.00 bits per heavy atom. The Hall–Kier alpha value is -1.56. The first-order valence-corrected chi connectivity index (χ1v) is 9.61. The molecule has 0 spiro atoms. The van der Waals surface area contributed by atoms with Crippen molar-refractivity contribution >= 4 is 51.4 Å². The first-order chi connectivity index (χ1) is 11.9. The number of carbonyl (C=O) groups excluding carboxylic acids is 2. The van der Waals surface area contributed by atoms with Crippen LogP contribution in [0.25, 0.3) is 0 Å². The van der Waals surface area contributed by atoms with E-state index in [9.17, 15) is 9.59 Å². The van der Waals surface area contributed by atoms with Crippen molar-refractivity contribution in [1.29, 1.82) is 0 Å². The Balaban J connectivity index is 1.98. The molecule has 25 heavy (non-hydrogen) atoms. The maximum atomic E-state index is 12.6. The Labute approximate surface area is 160 Å². The Kier molecular flexibility index (Phi) is 5.37. The van der Waals surface area contributed by atoms with Gasteiger partial charge in [-0.1, -0.05) is 30.1 Å². The van der Waals surface area contributed by atoms with Crippen LogP contribution in [0.3, 0.4) is 0 Å². The first kappa shape index (κ1) is 18.2. The lowest BCUT2D eigenvalue weighted by atomic mass is 9.88. The van der Waals surface area contributed by atoms with Gasteiger partial charge in [-0.15, -0.1) is 11.3 Å². The maximum absolute atomic E-state index is 12.6. The zero-order valence-corrected chi connectivity index (χ0v) is 16.2. The monoisotopic (exact) mass is 396 g/mol. The molecule has 2 amide bonds. The fraction of sp³-hybridized carbons (Fsp3) is 0.333.